The molecule has 2 N–H and O–H groups in total. The Labute approximate surface area is 238 Å². The Morgan fingerprint density at radius 2 is 1.90 bits per heavy atom. The van der Waals surface area contributed by atoms with Crippen LogP contribution < -0.4 is 10.1 Å². The molecule has 2 aromatic carbocycles. The van der Waals surface area contributed by atoms with E-state index >= 15 is 0 Å². The number of nitrogens with one attached hydrogen (secondary N) is 2. The molecule has 4 aromatic rings. The number of pyridine rings is 1. The van der Waals surface area contributed by atoms with Gasteiger partial charge in [-0.15, -0.1) is 0 Å². The first-order chi connectivity index (χ1) is 19.4. The van der Waals surface area contributed by atoms with E-state index in [9.17, 15) is 9.59 Å². The maximum Gasteiger partial charge on any atom is 0.251 e. The van der Waals surface area contributed by atoms with E-state index in [0.717, 1.165) is 54.1 Å². The first-order valence-electron chi connectivity index (χ1n) is 13.8. The monoisotopic (exact) mass is 557 g/mol. The number of aromatic amines is 1. The third-order valence-electron chi connectivity index (χ3n) is 8.18. The van der Waals surface area contributed by atoms with E-state index in [4.69, 9.17) is 16.3 Å². The van der Waals surface area contributed by atoms with Gasteiger partial charge < -0.3 is 15.0 Å². The Hall–Kier alpha value is -3.91. The molecule has 2 bridgehead atoms. The fourth-order valence-corrected chi connectivity index (χ4v) is 6.38. The Bertz CT molecular complexity index is 1520. The van der Waals surface area contributed by atoms with Gasteiger partial charge in [0.1, 0.15) is 11.8 Å². The Morgan fingerprint density at radius 1 is 1.12 bits per heavy atom. The molecule has 2 amide bonds. The highest BCUT2D eigenvalue weighted by Gasteiger charge is 2.41. The van der Waals surface area contributed by atoms with E-state index in [1.165, 1.54) is 0 Å². The highest BCUT2D eigenvalue weighted by Crippen LogP contribution is 2.36. The van der Waals surface area contributed by atoms with E-state index in [1.807, 2.05) is 53.4 Å². The molecule has 6 rings (SSSR count). The smallest absolute Gasteiger partial charge is 0.251 e. The van der Waals surface area contributed by atoms with Crippen LogP contribution in [0.5, 0.6) is 5.88 Å². The molecule has 3 atom stereocenters. The normalized spacial score (nSPS) is 21.0. The molecule has 0 radical (unpaired) electrons. The quantitative estimate of drug-likeness (QED) is 0.261. The number of aromatic nitrogens is 3. The number of amides is 2. The first kappa shape index (κ1) is 26.3. The molecule has 2 aliphatic rings. The van der Waals surface area contributed by atoms with Gasteiger partial charge in [-0.25, -0.2) is 4.98 Å². The van der Waals surface area contributed by atoms with Gasteiger partial charge in [-0.3, -0.25) is 14.7 Å². The summed E-state index contributed by atoms with van der Waals surface area (Å²) < 4.78 is 6.20. The average Bonchev–Trinajstić information content (AvgIpc) is 3.49. The van der Waals surface area contributed by atoms with Crippen LogP contribution in [0.2, 0.25) is 5.02 Å². The lowest BCUT2D eigenvalue weighted by Crippen LogP contribution is -2.45. The van der Waals surface area contributed by atoms with Crippen molar-refractivity contribution in [3.63, 3.8) is 0 Å². The molecule has 206 valence electrons. The summed E-state index contributed by atoms with van der Waals surface area (Å²) in [5.41, 5.74) is 3.80. The minimum Gasteiger partial charge on any atom is -0.474 e. The van der Waals surface area contributed by atoms with Crippen molar-refractivity contribution in [2.45, 2.75) is 63.8 Å². The number of ether oxygens (including phenoxy) is 1. The Balaban J connectivity index is 1.19. The fourth-order valence-electron chi connectivity index (χ4n) is 6.12. The number of carbonyl (C=O) groups excluding carboxylic acids is 2. The van der Waals surface area contributed by atoms with Gasteiger partial charge in [-0.2, -0.15) is 5.10 Å². The van der Waals surface area contributed by atoms with Crippen LogP contribution in [0, 0.1) is 5.92 Å². The summed E-state index contributed by atoms with van der Waals surface area (Å²) >= 11 is 6.44. The molecular formula is C31H32ClN5O3. The lowest BCUT2D eigenvalue weighted by atomic mass is 9.95. The predicted molar refractivity (Wildman–Crippen MR) is 154 cm³/mol. The number of rotatable bonds is 8. The Kier molecular flexibility index (Phi) is 7.19. The zero-order chi connectivity index (χ0) is 27.8. The molecular weight excluding hydrogens is 526 g/mol. The van der Waals surface area contributed by atoms with Crippen molar-refractivity contribution in [2.75, 3.05) is 0 Å². The number of piperidine rings is 1. The van der Waals surface area contributed by atoms with Crippen LogP contribution in [0.4, 0.5) is 0 Å². The number of H-pyrrole nitrogens is 1. The van der Waals surface area contributed by atoms with Crippen LogP contribution >= 0.6 is 11.6 Å². The van der Waals surface area contributed by atoms with Crippen molar-refractivity contribution in [1.29, 1.82) is 0 Å². The van der Waals surface area contributed by atoms with Crippen LogP contribution in [0.1, 0.15) is 61.5 Å². The second-order valence-electron chi connectivity index (χ2n) is 11.1. The van der Waals surface area contributed by atoms with E-state index in [0.29, 0.717) is 22.2 Å². The molecule has 0 saturated carbocycles. The van der Waals surface area contributed by atoms with Gasteiger partial charge in [-0.1, -0.05) is 43.6 Å². The number of hydrogen-bond donors (Lipinski definition) is 2. The number of benzene rings is 2. The average molecular weight is 558 g/mol. The minimum absolute atomic E-state index is 0.0553. The molecule has 8 nitrogen and oxygen atoms in total. The molecule has 2 unspecified atom stereocenters. The lowest BCUT2D eigenvalue weighted by Gasteiger charge is -2.36. The SMILES string of the molecule is CC(C)[C@H](NC(=O)c1ccc2[nH]nc(-c3ccc(OC4CC5CCC(C4)N5C=O)nc3)c2c1)c1ccccc1Cl. The summed E-state index contributed by atoms with van der Waals surface area (Å²) in [4.78, 5) is 31.2. The van der Waals surface area contributed by atoms with Crippen LogP contribution in [0.3, 0.4) is 0 Å². The number of hydrogen-bond acceptors (Lipinski definition) is 5. The van der Waals surface area contributed by atoms with Crippen molar-refractivity contribution in [3.05, 3.63) is 76.9 Å². The second kappa shape index (κ2) is 10.9. The second-order valence-corrected chi connectivity index (χ2v) is 11.5. The number of fused-ring (bicyclic) bond motifs is 3. The van der Waals surface area contributed by atoms with Crippen molar-refractivity contribution >= 4 is 34.8 Å². The maximum atomic E-state index is 13.3. The fraction of sp³-hybridized carbons (Fsp3) is 0.355. The van der Waals surface area contributed by atoms with Crippen LogP contribution in [-0.4, -0.2) is 50.6 Å². The van der Waals surface area contributed by atoms with Gasteiger partial charge >= 0.3 is 0 Å². The van der Waals surface area contributed by atoms with Crippen molar-refractivity contribution in [1.82, 2.24) is 25.4 Å². The van der Waals surface area contributed by atoms with E-state index in [1.54, 1.807) is 12.3 Å². The van der Waals surface area contributed by atoms with E-state index in [2.05, 4.69) is 34.3 Å². The van der Waals surface area contributed by atoms with E-state index in [-0.39, 0.29) is 36.1 Å². The first-order valence-corrected chi connectivity index (χ1v) is 14.2. The van der Waals surface area contributed by atoms with Gasteiger partial charge in [0.2, 0.25) is 12.3 Å². The summed E-state index contributed by atoms with van der Waals surface area (Å²) in [6.07, 6.45) is 6.54. The third-order valence-corrected chi connectivity index (χ3v) is 8.53. The molecule has 4 heterocycles. The standard InChI is InChI=1S/C31H32ClN5O3/c1-18(2)29(24-5-3-4-6-26(24)32)34-31(39)19-7-11-27-25(13-19)30(36-35-27)20-8-12-28(33-16-20)40-23-14-21-9-10-22(15-23)37(21)17-38/h3-8,11-13,16-18,21-23,29H,9-10,14-15H2,1-2H3,(H,34,39)(H,35,36)/t21?,22?,23?,29-/m0/s1. The van der Waals surface area contributed by atoms with Crippen molar-refractivity contribution < 1.29 is 14.3 Å². The molecule has 2 aliphatic heterocycles. The summed E-state index contributed by atoms with van der Waals surface area (Å²) in [6.45, 7) is 4.12. The third kappa shape index (κ3) is 5.04. The Morgan fingerprint density at radius 3 is 2.58 bits per heavy atom. The van der Waals surface area contributed by atoms with Crippen LogP contribution in [0.25, 0.3) is 22.2 Å². The van der Waals surface area contributed by atoms with Gasteiger partial charge in [0.15, 0.2) is 0 Å². The zero-order valence-corrected chi connectivity index (χ0v) is 23.3. The number of halogens is 1. The van der Waals surface area contributed by atoms with Crippen molar-refractivity contribution in [2.24, 2.45) is 5.92 Å². The highest BCUT2D eigenvalue weighted by atomic mass is 35.5. The van der Waals surface area contributed by atoms with Gasteiger partial charge in [0, 0.05) is 58.7 Å². The molecule has 2 saturated heterocycles. The summed E-state index contributed by atoms with van der Waals surface area (Å²) in [5, 5.41) is 12.2. The maximum absolute atomic E-state index is 13.3. The summed E-state index contributed by atoms with van der Waals surface area (Å²) in [7, 11) is 0. The summed E-state index contributed by atoms with van der Waals surface area (Å²) in [5.74, 6) is 0.535. The lowest BCUT2D eigenvalue weighted by molar-refractivity contribution is -0.123. The van der Waals surface area contributed by atoms with Gasteiger partial charge in [0.25, 0.3) is 5.91 Å². The predicted octanol–water partition coefficient (Wildman–Crippen LogP) is 5.94. The topological polar surface area (TPSA) is 100 Å². The molecule has 0 aliphatic carbocycles. The van der Waals surface area contributed by atoms with Gasteiger partial charge in [0.05, 0.1) is 11.6 Å². The number of nitrogens with zero attached hydrogens (tertiary/aromatic N) is 3. The highest BCUT2D eigenvalue weighted by molar-refractivity contribution is 6.31. The van der Waals surface area contributed by atoms with Crippen molar-refractivity contribution in [3.8, 4) is 17.1 Å². The molecule has 0 spiro atoms. The van der Waals surface area contributed by atoms with Gasteiger partial charge in [-0.05, 0) is 54.7 Å². The summed E-state index contributed by atoms with van der Waals surface area (Å²) in [6, 6.07) is 17.2. The molecule has 2 fully saturated rings. The van der Waals surface area contributed by atoms with Crippen LogP contribution in [-0.2, 0) is 4.79 Å². The zero-order valence-electron chi connectivity index (χ0n) is 22.5. The minimum atomic E-state index is -0.224. The largest absolute Gasteiger partial charge is 0.474 e. The molecule has 2 aromatic heterocycles. The van der Waals surface area contributed by atoms with E-state index < -0.39 is 0 Å². The molecule has 9 heteroatoms. The van der Waals surface area contributed by atoms with Crippen LogP contribution in [0.15, 0.2) is 60.8 Å². The number of carbonyl (C=O) groups is 2. The molecule has 40 heavy (non-hydrogen) atoms.